The van der Waals surface area contributed by atoms with Crippen molar-refractivity contribution in [2.24, 2.45) is 11.5 Å². The molecule has 0 aliphatic carbocycles. The summed E-state index contributed by atoms with van der Waals surface area (Å²) in [5, 5.41) is 0. The third-order valence-electron chi connectivity index (χ3n) is 2.39. The lowest BCUT2D eigenvalue weighted by atomic mass is 10.2. The van der Waals surface area contributed by atoms with Gasteiger partial charge < -0.3 is 21.3 Å². The van der Waals surface area contributed by atoms with Crippen LogP contribution in [0.15, 0.2) is 0 Å². The molecule has 0 aromatic carbocycles. The van der Waals surface area contributed by atoms with Gasteiger partial charge in [-0.05, 0) is 7.05 Å². The molecule has 0 aromatic heterocycles. The van der Waals surface area contributed by atoms with E-state index in [-0.39, 0.29) is 37.3 Å². The molecule has 5 nitrogen and oxygen atoms in total. The Morgan fingerprint density at radius 3 is 2.13 bits per heavy atom. The minimum absolute atomic E-state index is 0. The van der Waals surface area contributed by atoms with E-state index in [1.54, 1.807) is 4.90 Å². The van der Waals surface area contributed by atoms with Crippen LogP contribution >= 0.6 is 24.8 Å². The Morgan fingerprint density at radius 2 is 1.73 bits per heavy atom. The summed E-state index contributed by atoms with van der Waals surface area (Å²) in [6.45, 7) is 3.60. The van der Waals surface area contributed by atoms with Crippen molar-refractivity contribution in [3.05, 3.63) is 0 Å². The molecule has 0 unspecified atom stereocenters. The first kappa shape index (κ1) is 17.3. The maximum atomic E-state index is 11.5. The molecular formula is C8H20Cl2N4O. The van der Waals surface area contributed by atoms with E-state index in [9.17, 15) is 4.79 Å². The molecule has 0 spiro atoms. The average Bonchev–Trinajstić information content (AvgIpc) is 2.17. The third kappa shape index (κ3) is 4.99. The van der Waals surface area contributed by atoms with E-state index in [1.165, 1.54) is 0 Å². The van der Waals surface area contributed by atoms with Crippen LogP contribution < -0.4 is 11.5 Å². The summed E-state index contributed by atoms with van der Waals surface area (Å²) in [5.74, 6) is -0.0180. The van der Waals surface area contributed by atoms with Crippen LogP contribution in [0, 0.1) is 0 Å². The largest absolute Gasteiger partial charge is 0.339 e. The minimum atomic E-state index is -0.525. The number of nitrogens with two attached hydrogens (primary N) is 2. The molecular weight excluding hydrogens is 239 g/mol. The normalized spacial score (nSPS) is 18.7. The summed E-state index contributed by atoms with van der Waals surface area (Å²) >= 11 is 0. The number of carbonyl (C=O) groups is 1. The monoisotopic (exact) mass is 258 g/mol. The molecule has 1 rings (SSSR count). The van der Waals surface area contributed by atoms with Gasteiger partial charge in [0, 0.05) is 32.7 Å². The van der Waals surface area contributed by atoms with Crippen molar-refractivity contribution in [3.8, 4) is 0 Å². The molecule has 1 atom stereocenters. The van der Waals surface area contributed by atoms with E-state index in [2.05, 4.69) is 4.90 Å². The maximum Gasteiger partial charge on any atom is 0.240 e. The van der Waals surface area contributed by atoms with Gasteiger partial charge in [-0.2, -0.15) is 0 Å². The summed E-state index contributed by atoms with van der Waals surface area (Å²) in [7, 11) is 2.05. The highest BCUT2D eigenvalue weighted by Gasteiger charge is 2.22. The van der Waals surface area contributed by atoms with E-state index in [4.69, 9.17) is 11.5 Å². The predicted molar refractivity (Wildman–Crippen MR) is 65.6 cm³/mol. The molecule has 15 heavy (non-hydrogen) atoms. The lowest BCUT2D eigenvalue weighted by molar-refractivity contribution is -0.133. The molecule has 0 bridgehead atoms. The number of halogens is 2. The number of carbonyl (C=O) groups excluding carboxylic acids is 1. The molecule has 1 fully saturated rings. The second-order valence-electron chi connectivity index (χ2n) is 3.47. The molecule has 92 valence electrons. The number of hydrogen-bond acceptors (Lipinski definition) is 4. The van der Waals surface area contributed by atoms with Crippen LogP contribution in [-0.2, 0) is 4.79 Å². The van der Waals surface area contributed by atoms with Gasteiger partial charge in [0.15, 0.2) is 0 Å². The van der Waals surface area contributed by atoms with Crippen molar-refractivity contribution in [1.29, 1.82) is 0 Å². The van der Waals surface area contributed by atoms with Crippen molar-refractivity contribution in [1.82, 2.24) is 9.80 Å². The summed E-state index contributed by atoms with van der Waals surface area (Å²) in [6.07, 6.45) is 0. The second-order valence-corrected chi connectivity index (χ2v) is 3.47. The first-order valence-corrected chi connectivity index (χ1v) is 4.58. The van der Waals surface area contributed by atoms with Gasteiger partial charge in [-0.1, -0.05) is 0 Å². The molecule has 0 radical (unpaired) electrons. The first-order valence-electron chi connectivity index (χ1n) is 4.58. The van der Waals surface area contributed by atoms with Gasteiger partial charge in [-0.25, -0.2) is 0 Å². The second kappa shape index (κ2) is 8.13. The number of piperazine rings is 1. The van der Waals surface area contributed by atoms with Gasteiger partial charge in [0.05, 0.1) is 6.04 Å². The van der Waals surface area contributed by atoms with E-state index in [0.29, 0.717) is 0 Å². The van der Waals surface area contributed by atoms with Crippen LogP contribution in [0.1, 0.15) is 0 Å². The minimum Gasteiger partial charge on any atom is -0.339 e. The van der Waals surface area contributed by atoms with Gasteiger partial charge in [0.25, 0.3) is 0 Å². The fourth-order valence-electron chi connectivity index (χ4n) is 1.36. The van der Waals surface area contributed by atoms with Gasteiger partial charge >= 0.3 is 0 Å². The van der Waals surface area contributed by atoms with Gasteiger partial charge in [0.1, 0.15) is 0 Å². The van der Waals surface area contributed by atoms with Gasteiger partial charge in [0.2, 0.25) is 5.91 Å². The van der Waals surface area contributed by atoms with Crippen LogP contribution in [0.5, 0.6) is 0 Å². The molecule has 7 heteroatoms. The van der Waals surface area contributed by atoms with E-state index >= 15 is 0 Å². The number of hydrogen-bond donors (Lipinski definition) is 2. The zero-order chi connectivity index (χ0) is 9.84. The Labute approximate surface area is 103 Å². The Bertz CT molecular complexity index is 185. The Morgan fingerprint density at radius 1 is 1.27 bits per heavy atom. The van der Waals surface area contributed by atoms with Crippen LogP contribution in [0.3, 0.4) is 0 Å². The standard InChI is InChI=1S/C8H18N4O.2ClH/c1-11-2-4-12(5-3-11)8(13)7(10)6-9;;/h7H,2-6,9-10H2,1H3;2*1H/t7-;;/m0../s1. The van der Waals surface area contributed by atoms with Crippen molar-refractivity contribution >= 4 is 30.7 Å². The number of amides is 1. The van der Waals surface area contributed by atoms with Crippen LogP contribution in [0.2, 0.25) is 0 Å². The van der Waals surface area contributed by atoms with Crippen molar-refractivity contribution in [3.63, 3.8) is 0 Å². The topological polar surface area (TPSA) is 75.6 Å². The maximum absolute atomic E-state index is 11.5. The van der Waals surface area contributed by atoms with Crippen molar-refractivity contribution < 1.29 is 4.79 Å². The Balaban J connectivity index is 0. The number of rotatable bonds is 2. The van der Waals surface area contributed by atoms with Crippen molar-refractivity contribution in [2.45, 2.75) is 6.04 Å². The first-order chi connectivity index (χ1) is 6.15. The lowest BCUT2D eigenvalue weighted by Gasteiger charge is -2.33. The van der Waals surface area contributed by atoms with Crippen molar-refractivity contribution in [2.75, 3.05) is 39.8 Å². The fraction of sp³-hybridized carbons (Fsp3) is 0.875. The van der Waals surface area contributed by atoms with Gasteiger partial charge in [-0.15, -0.1) is 24.8 Å². The highest BCUT2D eigenvalue weighted by molar-refractivity contribution is 5.85. The highest BCUT2D eigenvalue weighted by Crippen LogP contribution is 2.00. The highest BCUT2D eigenvalue weighted by atomic mass is 35.5. The van der Waals surface area contributed by atoms with E-state index < -0.39 is 6.04 Å². The zero-order valence-corrected chi connectivity index (χ0v) is 10.5. The third-order valence-corrected chi connectivity index (χ3v) is 2.39. The lowest BCUT2D eigenvalue weighted by Crippen LogP contribution is -2.54. The fourth-order valence-corrected chi connectivity index (χ4v) is 1.36. The summed E-state index contributed by atoms with van der Waals surface area (Å²) in [5.41, 5.74) is 10.9. The van der Waals surface area contributed by atoms with E-state index in [0.717, 1.165) is 26.2 Å². The number of likely N-dealkylation sites (N-methyl/N-ethyl adjacent to an activating group) is 1. The van der Waals surface area contributed by atoms with Gasteiger partial charge in [-0.3, -0.25) is 4.79 Å². The van der Waals surface area contributed by atoms with Crippen LogP contribution in [0.25, 0.3) is 0 Å². The Kier molecular flexibility index (Phi) is 9.39. The summed E-state index contributed by atoms with van der Waals surface area (Å²) in [6, 6.07) is -0.525. The summed E-state index contributed by atoms with van der Waals surface area (Å²) in [4.78, 5) is 15.5. The zero-order valence-electron chi connectivity index (χ0n) is 8.89. The summed E-state index contributed by atoms with van der Waals surface area (Å²) < 4.78 is 0. The molecule has 0 saturated carbocycles. The molecule has 1 heterocycles. The Hall–Kier alpha value is -0.0700. The predicted octanol–water partition coefficient (Wildman–Crippen LogP) is -1.11. The number of nitrogens with zero attached hydrogens (tertiary/aromatic N) is 2. The van der Waals surface area contributed by atoms with Crippen LogP contribution in [-0.4, -0.2) is 61.5 Å². The molecule has 0 aromatic rings. The smallest absolute Gasteiger partial charge is 0.240 e. The molecule has 1 aliphatic heterocycles. The quantitative estimate of drug-likeness (QED) is 0.659. The SMILES string of the molecule is CN1CCN(C(=O)[C@@H](N)CN)CC1.Cl.Cl. The molecule has 4 N–H and O–H groups in total. The molecule has 1 amide bonds. The molecule has 1 aliphatic rings. The van der Waals surface area contributed by atoms with E-state index in [1.807, 2.05) is 7.05 Å². The average molecular weight is 259 g/mol. The van der Waals surface area contributed by atoms with Crippen LogP contribution in [0.4, 0.5) is 0 Å². The molecule has 1 saturated heterocycles.